The maximum Gasteiger partial charge on any atom is 0.349 e. The van der Waals surface area contributed by atoms with E-state index in [4.69, 9.17) is 13.7 Å². The molecule has 1 saturated heterocycles. The third-order valence-corrected chi connectivity index (χ3v) is 4.86. The van der Waals surface area contributed by atoms with E-state index in [1.54, 1.807) is 6.92 Å². The molecule has 1 N–H and O–H groups in total. The Morgan fingerprint density at radius 3 is 2.93 bits per heavy atom. The molecule has 0 saturated carbocycles. The molecule has 0 radical (unpaired) electrons. The monoisotopic (exact) mass is 390 g/mol. The van der Waals surface area contributed by atoms with Crippen LogP contribution in [0.15, 0.2) is 19.8 Å². The smallest absolute Gasteiger partial charge is 0.349 e. The minimum absolute atomic E-state index is 0.0472. The highest BCUT2D eigenvalue weighted by Gasteiger charge is 2.26. The fourth-order valence-electron chi connectivity index (χ4n) is 3.38. The molecule has 1 amide bonds. The van der Waals surface area contributed by atoms with Crippen LogP contribution in [0.5, 0.6) is 0 Å². The highest BCUT2D eigenvalue weighted by molar-refractivity contribution is 5.95. The molecule has 0 aliphatic carbocycles. The third-order valence-electron chi connectivity index (χ3n) is 4.86. The molecule has 28 heavy (non-hydrogen) atoms. The highest BCUT2D eigenvalue weighted by Crippen LogP contribution is 2.24. The number of carbonyl (C=O) groups is 1. The first-order chi connectivity index (χ1) is 13.5. The second-order valence-electron chi connectivity index (χ2n) is 6.89. The first kappa shape index (κ1) is 20.2. The number of aryl methyl sites for hydroxylation is 1. The topological polar surface area (TPSA) is 111 Å². The molecule has 1 fully saturated rings. The van der Waals surface area contributed by atoms with Crippen LogP contribution in [0.4, 0.5) is 0 Å². The maximum atomic E-state index is 13.0. The minimum Gasteiger partial charge on any atom is -0.427 e. The van der Waals surface area contributed by atoms with E-state index in [1.165, 1.54) is 12.0 Å². The van der Waals surface area contributed by atoms with Crippen LogP contribution < -0.4 is 10.9 Å². The first-order valence-corrected chi connectivity index (χ1v) is 9.48. The zero-order valence-corrected chi connectivity index (χ0v) is 16.5. The van der Waals surface area contributed by atoms with E-state index in [0.29, 0.717) is 23.7 Å². The van der Waals surface area contributed by atoms with E-state index in [2.05, 4.69) is 15.5 Å². The molecule has 0 spiro atoms. The number of amides is 1. The van der Waals surface area contributed by atoms with Crippen LogP contribution in [0.1, 0.15) is 59.1 Å². The zero-order chi connectivity index (χ0) is 20.1. The Balaban J connectivity index is 1.79. The summed E-state index contributed by atoms with van der Waals surface area (Å²) in [5, 5.41) is 7.09. The van der Waals surface area contributed by atoms with Gasteiger partial charge in [0.05, 0.1) is 0 Å². The van der Waals surface area contributed by atoms with Gasteiger partial charge in [0.15, 0.2) is 5.82 Å². The molecular formula is C19H26N4O5. The highest BCUT2D eigenvalue weighted by atomic mass is 16.5. The summed E-state index contributed by atoms with van der Waals surface area (Å²) < 4.78 is 15.6. The average Bonchev–Trinajstić information content (AvgIpc) is 3.13. The molecule has 3 heterocycles. The Hall–Kier alpha value is -2.52. The Morgan fingerprint density at radius 1 is 1.46 bits per heavy atom. The number of aromatic nitrogens is 2. The number of carbonyl (C=O) groups excluding carboxylic acids is 1. The summed E-state index contributed by atoms with van der Waals surface area (Å²) in [6.07, 6.45) is 2.00. The van der Waals surface area contributed by atoms with Crippen molar-refractivity contribution < 1.29 is 18.5 Å². The summed E-state index contributed by atoms with van der Waals surface area (Å²) in [5.41, 5.74) is 0.0616. The number of ether oxygens (including phenoxy) is 1. The van der Waals surface area contributed by atoms with Gasteiger partial charge in [0.1, 0.15) is 24.5 Å². The minimum atomic E-state index is -0.602. The normalized spacial score (nSPS) is 16.9. The molecule has 2 aromatic rings. The number of hydrogen-bond donors (Lipinski definition) is 1. The van der Waals surface area contributed by atoms with Gasteiger partial charge in [-0.05, 0) is 44.9 Å². The predicted molar refractivity (Wildman–Crippen MR) is 100.0 cm³/mol. The summed E-state index contributed by atoms with van der Waals surface area (Å²) in [4.78, 5) is 31.2. The Morgan fingerprint density at radius 2 is 2.29 bits per heavy atom. The lowest BCUT2D eigenvalue weighted by Gasteiger charge is -2.23. The van der Waals surface area contributed by atoms with Crippen molar-refractivity contribution in [3.63, 3.8) is 0 Å². The number of methoxy groups -OCH3 is 1. The quantitative estimate of drug-likeness (QED) is 0.759. The SMILES string of the molecule is CCN(Cc1nc(COC)no1)C(=O)c1c(C)cc(C2CCCNC2)oc1=O. The fraction of sp³-hybridized carbons (Fsp3) is 0.579. The van der Waals surface area contributed by atoms with Crippen molar-refractivity contribution in [3.05, 3.63) is 45.1 Å². The lowest BCUT2D eigenvalue weighted by molar-refractivity contribution is 0.0728. The van der Waals surface area contributed by atoms with Gasteiger partial charge in [-0.2, -0.15) is 4.98 Å². The summed E-state index contributed by atoms with van der Waals surface area (Å²) in [6.45, 7) is 6.06. The number of nitrogens with one attached hydrogen (secondary N) is 1. The lowest BCUT2D eigenvalue weighted by Crippen LogP contribution is -2.35. The second kappa shape index (κ2) is 9.11. The van der Waals surface area contributed by atoms with Crippen molar-refractivity contribution in [2.75, 3.05) is 26.7 Å². The molecule has 2 aromatic heterocycles. The predicted octanol–water partition coefficient (Wildman–Crippen LogP) is 1.61. The van der Waals surface area contributed by atoms with E-state index in [0.717, 1.165) is 25.9 Å². The van der Waals surface area contributed by atoms with Crippen molar-refractivity contribution in [2.24, 2.45) is 0 Å². The van der Waals surface area contributed by atoms with Crippen LogP contribution in [0.3, 0.4) is 0 Å². The Bertz CT molecular complexity index is 869. The van der Waals surface area contributed by atoms with Crippen molar-refractivity contribution in [1.29, 1.82) is 0 Å². The van der Waals surface area contributed by atoms with Gasteiger partial charge in [0.25, 0.3) is 5.91 Å². The Labute approximate surface area is 163 Å². The molecule has 1 aliphatic rings. The van der Waals surface area contributed by atoms with E-state index >= 15 is 0 Å². The summed E-state index contributed by atoms with van der Waals surface area (Å²) in [7, 11) is 1.53. The number of nitrogens with zero attached hydrogens (tertiary/aromatic N) is 3. The van der Waals surface area contributed by atoms with Gasteiger partial charge in [-0.15, -0.1) is 0 Å². The van der Waals surface area contributed by atoms with Crippen LogP contribution in [0.2, 0.25) is 0 Å². The van der Waals surface area contributed by atoms with Crippen molar-refractivity contribution in [2.45, 2.75) is 45.8 Å². The molecule has 152 valence electrons. The third kappa shape index (κ3) is 4.48. The van der Waals surface area contributed by atoms with Gasteiger partial charge in [-0.3, -0.25) is 4.79 Å². The standard InChI is InChI=1S/C19H26N4O5/c1-4-23(10-16-21-15(11-26-3)22-28-16)18(24)17-12(2)8-14(27-19(17)25)13-6-5-7-20-9-13/h8,13,20H,4-7,9-11H2,1-3H3. The van der Waals surface area contributed by atoms with Crippen LogP contribution >= 0.6 is 0 Å². The maximum absolute atomic E-state index is 13.0. The van der Waals surface area contributed by atoms with E-state index in [-0.39, 0.29) is 30.5 Å². The molecule has 3 rings (SSSR count). The van der Waals surface area contributed by atoms with Gasteiger partial charge >= 0.3 is 5.63 Å². The van der Waals surface area contributed by atoms with Crippen molar-refractivity contribution in [1.82, 2.24) is 20.4 Å². The van der Waals surface area contributed by atoms with E-state index in [9.17, 15) is 9.59 Å². The van der Waals surface area contributed by atoms with Gasteiger partial charge in [-0.1, -0.05) is 5.16 Å². The Kier molecular flexibility index (Phi) is 6.58. The van der Waals surface area contributed by atoms with Crippen molar-refractivity contribution >= 4 is 5.91 Å². The summed E-state index contributed by atoms with van der Waals surface area (Å²) in [5.74, 6) is 1.07. The van der Waals surface area contributed by atoms with E-state index < -0.39 is 11.5 Å². The van der Waals surface area contributed by atoms with Crippen molar-refractivity contribution in [3.8, 4) is 0 Å². The molecular weight excluding hydrogens is 364 g/mol. The lowest BCUT2D eigenvalue weighted by atomic mass is 9.95. The summed E-state index contributed by atoms with van der Waals surface area (Å²) >= 11 is 0. The molecule has 0 aromatic carbocycles. The van der Waals surface area contributed by atoms with Crippen LogP contribution in [0, 0.1) is 6.92 Å². The van der Waals surface area contributed by atoms with Gasteiger partial charge < -0.3 is 23.9 Å². The van der Waals surface area contributed by atoms with Gasteiger partial charge in [-0.25, -0.2) is 4.79 Å². The van der Waals surface area contributed by atoms with Crippen LogP contribution in [-0.2, 0) is 17.9 Å². The fourth-order valence-corrected chi connectivity index (χ4v) is 3.38. The number of piperidine rings is 1. The van der Waals surface area contributed by atoms with Gasteiger partial charge in [0, 0.05) is 26.1 Å². The van der Waals surface area contributed by atoms with Crippen LogP contribution in [0.25, 0.3) is 0 Å². The van der Waals surface area contributed by atoms with Crippen LogP contribution in [-0.4, -0.2) is 47.7 Å². The first-order valence-electron chi connectivity index (χ1n) is 9.48. The average molecular weight is 390 g/mol. The zero-order valence-electron chi connectivity index (χ0n) is 16.5. The molecule has 0 bridgehead atoms. The second-order valence-corrected chi connectivity index (χ2v) is 6.89. The molecule has 1 unspecified atom stereocenters. The molecule has 1 aliphatic heterocycles. The molecule has 1 atom stereocenters. The molecule has 9 heteroatoms. The summed E-state index contributed by atoms with van der Waals surface area (Å²) in [6, 6.07) is 1.81. The number of rotatable bonds is 7. The van der Waals surface area contributed by atoms with Gasteiger partial charge in [0.2, 0.25) is 5.89 Å². The van der Waals surface area contributed by atoms with E-state index in [1.807, 2.05) is 13.0 Å². The molecule has 9 nitrogen and oxygen atoms in total. The number of hydrogen-bond acceptors (Lipinski definition) is 8. The largest absolute Gasteiger partial charge is 0.427 e.